The predicted octanol–water partition coefficient (Wildman–Crippen LogP) is 3.59. The Morgan fingerprint density at radius 3 is 3.00 bits per heavy atom. The highest BCUT2D eigenvalue weighted by atomic mass is 79.9. The molecule has 1 aromatic carbocycles. The van der Waals surface area contributed by atoms with Crippen molar-refractivity contribution in [3.63, 3.8) is 0 Å². The van der Waals surface area contributed by atoms with Gasteiger partial charge in [-0.1, -0.05) is 27.5 Å². The van der Waals surface area contributed by atoms with Gasteiger partial charge >= 0.3 is 0 Å². The van der Waals surface area contributed by atoms with E-state index in [4.69, 9.17) is 16.3 Å². The summed E-state index contributed by atoms with van der Waals surface area (Å²) in [6.45, 7) is 1.36. The molecule has 0 bridgehead atoms. The van der Waals surface area contributed by atoms with Gasteiger partial charge in [0, 0.05) is 28.1 Å². The number of nitrogens with zero attached hydrogens (tertiary/aromatic N) is 1. The lowest BCUT2D eigenvalue weighted by atomic mass is 9.93. The standard InChI is InChI=1S/C12H13BrClNO3/c13-11-3-4-18-7-9(11)5-8-6-10(14)1-2-12(8)15(16)17/h1-2,6,9,11H,3-5,7H2. The number of alkyl halides is 1. The number of ether oxygens (including phenoxy) is 1. The van der Waals surface area contributed by atoms with Crippen LogP contribution < -0.4 is 0 Å². The van der Waals surface area contributed by atoms with Gasteiger partial charge in [0.2, 0.25) is 0 Å². The Bertz CT molecular complexity index is 455. The molecule has 2 atom stereocenters. The molecule has 4 nitrogen and oxygen atoms in total. The van der Waals surface area contributed by atoms with Crippen molar-refractivity contribution in [2.45, 2.75) is 17.7 Å². The Morgan fingerprint density at radius 2 is 2.33 bits per heavy atom. The number of hydrogen-bond acceptors (Lipinski definition) is 3. The summed E-state index contributed by atoms with van der Waals surface area (Å²) in [5, 5.41) is 11.5. The molecule has 2 unspecified atom stereocenters. The molecule has 1 fully saturated rings. The third-order valence-corrected chi connectivity index (χ3v) is 4.54. The van der Waals surface area contributed by atoms with Crippen LogP contribution in [0, 0.1) is 16.0 Å². The Kier molecular flexibility index (Phi) is 4.59. The van der Waals surface area contributed by atoms with Crippen LogP contribution in [0.15, 0.2) is 18.2 Å². The first kappa shape index (κ1) is 13.8. The monoisotopic (exact) mass is 333 g/mol. The fourth-order valence-corrected chi connectivity index (χ4v) is 2.86. The van der Waals surface area contributed by atoms with E-state index in [-0.39, 0.29) is 16.5 Å². The highest BCUT2D eigenvalue weighted by Crippen LogP contribution is 2.30. The fraction of sp³-hybridized carbons (Fsp3) is 0.500. The van der Waals surface area contributed by atoms with Crippen LogP contribution in [0.3, 0.4) is 0 Å². The van der Waals surface area contributed by atoms with Crippen LogP contribution in [0.5, 0.6) is 0 Å². The third kappa shape index (κ3) is 3.22. The van der Waals surface area contributed by atoms with E-state index >= 15 is 0 Å². The van der Waals surface area contributed by atoms with Gasteiger partial charge < -0.3 is 4.74 Å². The maximum Gasteiger partial charge on any atom is 0.272 e. The van der Waals surface area contributed by atoms with Gasteiger partial charge in [-0.05, 0) is 30.9 Å². The summed E-state index contributed by atoms with van der Waals surface area (Å²) >= 11 is 9.52. The normalized spacial score (nSPS) is 23.9. The number of nitro benzene ring substituents is 1. The van der Waals surface area contributed by atoms with Crippen LogP contribution in [-0.4, -0.2) is 23.0 Å². The molecule has 1 aliphatic rings. The number of nitro groups is 1. The van der Waals surface area contributed by atoms with Crippen LogP contribution in [0.1, 0.15) is 12.0 Å². The van der Waals surface area contributed by atoms with Gasteiger partial charge in [-0.15, -0.1) is 0 Å². The SMILES string of the molecule is O=[N+]([O-])c1ccc(Cl)cc1CC1COCCC1Br. The zero-order chi connectivity index (χ0) is 13.1. The van der Waals surface area contributed by atoms with Crippen LogP contribution in [0.25, 0.3) is 0 Å². The van der Waals surface area contributed by atoms with E-state index in [1.54, 1.807) is 12.1 Å². The predicted molar refractivity (Wildman–Crippen MR) is 73.5 cm³/mol. The zero-order valence-electron chi connectivity index (χ0n) is 9.64. The van der Waals surface area contributed by atoms with Gasteiger partial charge in [-0.3, -0.25) is 10.1 Å². The second-order valence-corrected chi connectivity index (χ2v) is 5.99. The fourth-order valence-electron chi connectivity index (χ4n) is 2.14. The van der Waals surface area contributed by atoms with Crippen LogP contribution >= 0.6 is 27.5 Å². The molecule has 18 heavy (non-hydrogen) atoms. The number of hydrogen-bond donors (Lipinski definition) is 0. The lowest BCUT2D eigenvalue weighted by molar-refractivity contribution is -0.385. The van der Waals surface area contributed by atoms with Crippen molar-refractivity contribution in [3.05, 3.63) is 38.9 Å². The summed E-state index contributed by atoms with van der Waals surface area (Å²) in [4.78, 5) is 11.0. The molecule has 0 spiro atoms. The van der Waals surface area contributed by atoms with E-state index < -0.39 is 0 Å². The van der Waals surface area contributed by atoms with Crippen molar-refractivity contribution in [2.24, 2.45) is 5.92 Å². The Balaban J connectivity index is 2.21. The minimum Gasteiger partial charge on any atom is -0.381 e. The molecule has 0 aliphatic carbocycles. The van der Waals surface area contributed by atoms with Crippen molar-refractivity contribution < 1.29 is 9.66 Å². The van der Waals surface area contributed by atoms with E-state index in [2.05, 4.69) is 15.9 Å². The van der Waals surface area contributed by atoms with E-state index in [1.807, 2.05) is 0 Å². The van der Waals surface area contributed by atoms with Gasteiger partial charge in [-0.2, -0.15) is 0 Å². The lowest BCUT2D eigenvalue weighted by Crippen LogP contribution is -2.29. The van der Waals surface area contributed by atoms with Crippen molar-refractivity contribution in [2.75, 3.05) is 13.2 Å². The van der Waals surface area contributed by atoms with Crippen LogP contribution in [0.4, 0.5) is 5.69 Å². The molecule has 2 rings (SSSR count). The summed E-state index contributed by atoms with van der Waals surface area (Å²) < 4.78 is 5.42. The minimum absolute atomic E-state index is 0.129. The van der Waals surface area contributed by atoms with E-state index in [1.165, 1.54) is 6.07 Å². The smallest absolute Gasteiger partial charge is 0.272 e. The van der Waals surface area contributed by atoms with Crippen LogP contribution in [0.2, 0.25) is 5.02 Å². The molecule has 98 valence electrons. The summed E-state index contributed by atoms with van der Waals surface area (Å²) in [5.74, 6) is 0.246. The quantitative estimate of drug-likeness (QED) is 0.482. The average molecular weight is 335 g/mol. The number of halogens is 2. The third-order valence-electron chi connectivity index (χ3n) is 3.10. The van der Waals surface area contributed by atoms with Crippen LogP contribution in [-0.2, 0) is 11.2 Å². The molecule has 0 amide bonds. The molecule has 0 radical (unpaired) electrons. The van der Waals surface area contributed by atoms with Crippen molar-refractivity contribution >= 4 is 33.2 Å². The second-order valence-electron chi connectivity index (χ2n) is 4.37. The van der Waals surface area contributed by atoms with Gasteiger partial charge in [-0.25, -0.2) is 0 Å². The summed E-state index contributed by atoms with van der Waals surface area (Å²) in [6, 6.07) is 4.69. The molecule has 1 saturated heterocycles. The molecular formula is C12H13BrClNO3. The average Bonchev–Trinajstić information content (AvgIpc) is 2.32. The van der Waals surface area contributed by atoms with E-state index in [0.29, 0.717) is 28.4 Å². The maximum atomic E-state index is 11.0. The topological polar surface area (TPSA) is 52.4 Å². The first-order valence-electron chi connectivity index (χ1n) is 5.72. The Labute approximate surface area is 119 Å². The van der Waals surface area contributed by atoms with Gasteiger partial charge in [0.25, 0.3) is 5.69 Å². The first-order valence-corrected chi connectivity index (χ1v) is 7.02. The molecule has 6 heteroatoms. The summed E-state index contributed by atoms with van der Waals surface area (Å²) in [5.41, 5.74) is 0.803. The highest BCUT2D eigenvalue weighted by Gasteiger charge is 2.26. The molecule has 0 aromatic heterocycles. The van der Waals surface area contributed by atoms with E-state index in [9.17, 15) is 10.1 Å². The molecule has 0 N–H and O–H groups in total. The van der Waals surface area contributed by atoms with Gasteiger partial charge in [0.15, 0.2) is 0 Å². The highest BCUT2D eigenvalue weighted by molar-refractivity contribution is 9.09. The lowest BCUT2D eigenvalue weighted by Gasteiger charge is -2.27. The molecule has 1 aromatic rings. The molecule has 1 heterocycles. The Morgan fingerprint density at radius 1 is 1.56 bits per heavy atom. The maximum absolute atomic E-state index is 11.0. The minimum atomic E-state index is -0.363. The summed E-state index contributed by atoms with van der Waals surface area (Å²) in [6.07, 6.45) is 1.53. The Hall–Kier alpha value is -0.650. The van der Waals surface area contributed by atoms with E-state index in [0.717, 1.165) is 13.0 Å². The van der Waals surface area contributed by atoms with Crippen molar-refractivity contribution in [3.8, 4) is 0 Å². The largest absolute Gasteiger partial charge is 0.381 e. The van der Waals surface area contributed by atoms with Gasteiger partial charge in [0.1, 0.15) is 0 Å². The zero-order valence-corrected chi connectivity index (χ0v) is 12.0. The molecule has 0 saturated carbocycles. The number of benzene rings is 1. The van der Waals surface area contributed by atoms with Crippen molar-refractivity contribution in [1.82, 2.24) is 0 Å². The second kappa shape index (κ2) is 5.99. The first-order chi connectivity index (χ1) is 8.58. The molecular weight excluding hydrogens is 321 g/mol. The summed E-state index contributed by atoms with van der Waals surface area (Å²) in [7, 11) is 0. The van der Waals surface area contributed by atoms with Crippen molar-refractivity contribution in [1.29, 1.82) is 0 Å². The van der Waals surface area contributed by atoms with Gasteiger partial charge in [0.05, 0.1) is 11.5 Å². The molecule has 1 aliphatic heterocycles. The number of rotatable bonds is 3.